The topological polar surface area (TPSA) is 123 Å². The zero-order valence-electron chi connectivity index (χ0n) is 30.8. The first-order valence-corrected chi connectivity index (χ1v) is 17.8. The van der Waals surface area contributed by atoms with Crippen molar-refractivity contribution in [1.29, 1.82) is 0 Å². The molecule has 1 amide bonds. The molecule has 6 rings (SSSR count). The van der Waals surface area contributed by atoms with Gasteiger partial charge in [-0.15, -0.1) is 0 Å². The number of nitrogens with two attached hydrogens (primary N) is 1. The van der Waals surface area contributed by atoms with Crippen LogP contribution >= 0.6 is 0 Å². The zero-order valence-corrected chi connectivity index (χ0v) is 30.8. The van der Waals surface area contributed by atoms with Crippen molar-refractivity contribution in [2.75, 3.05) is 71.7 Å². The number of nitrogens with zero attached hydrogens (tertiary/aromatic N) is 5. The van der Waals surface area contributed by atoms with Crippen molar-refractivity contribution in [1.82, 2.24) is 19.8 Å². The SMILES string of the molecule is CCC(=O)C(CC(C)N(C)C)(c1ccccc1)c1ccccc1.COc1cc2nc(N3CCN(C(=O)C4CCCO4)CC3)nc(N)c2cc1OC. The minimum atomic E-state index is -0.582. The lowest BCUT2D eigenvalue weighted by Gasteiger charge is -2.37. The number of benzene rings is 3. The van der Waals surface area contributed by atoms with E-state index in [4.69, 9.17) is 19.9 Å². The van der Waals surface area contributed by atoms with Gasteiger partial charge in [-0.2, -0.15) is 4.98 Å². The van der Waals surface area contributed by atoms with Gasteiger partial charge in [-0.3, -0.25) is 9.59 Å². The molecule has 4 aromatic rings. The molecule has 2 aliphatic rings. The van der Waals surface area contributed by atoms with Gasteiger partial charge in [0.05, 0.1) is 25.2 Å². The molecule has 2 saturated heterocycles. The van der Waals surface area contributed by atoms with Gasteiger partial charge in [-0.05, 0) is 57.5 Å². The van der Waals surface area contributed by atoms with Crippen LogP contribution in [0.4, 0.5) is 11.8 Å². The molecule has 0 aliphatic carbocycles. The Hall–Kier alpha value is -4.74. The van der Waals surface area contributed by atoms with E-state index in [1.807, 2.05) is 53.1 Å². The van der Waals surface area contributed by atoms with E-state index in [9.17, 15) is 9.59 Å². The van der Waals surface area contributed by atoms with E-state index in [1.54, 1.807) is 26.4 Å². The van der Waals surface area contributed by atoms with E-state index in [0.717, 1.165) is 30.4 Å². The highest BCUT2D eigenvalue weighted by atomic mass is 16.5. The van der Waals surface area contributed by atoms with Crippen LogP contribution in [0.1, 0.15) is 50.7 Å². The molecule has 3 heterocycles. The number of anilines is 2. The predicted molar refractivity (Wildman–Crippen MR) is 202 cm³/mol. The number of carbonyl (C=O) groups excluding carboxylic acids is 2. The molecule has 3 aromatic carbocycles. The summed E-state index contributed by atoms with van der Waals surface area (Å²) in [6.07, 6.45) is 2.80. The Balaban J connectivity index is 0.000000202. The highest BCUT2D eigenvalue weighted by Gasteiger charge is 2.42. The molecule has 0 saturated carbocycles. The van der Waals surface area contributed by atoms with Crippen molar-refractivity contribution in [2.45, 2.75) is 57.1 Å². The number of ketones is 1. The first kappa shape index (κ1) is 37.5. The highest BCUT2D eigenvalue weighted by molar-refractivity contribution is 5.94. The first-order valence-electron chi connectivity index (χ1n) is 17.8. The quantitative estimate of drug-likeness (QED) is 0.220. The fourth-order valence-electron chi connectivity index (χ4n) is 6.92. The maximum absolute atomic E-state index is 13.2. The summed E-state index contributed by atoms with van der Waals surface area (Å²) in [4.78, 5) is 40.9. The van der Waals surface area contributed by atoms with Crippen LogP contribution in [0.2, 0.25) is 0 Å². The number of nitrogen functional groups attached to an aromatic ring is 1. The van der Waals surface area contributed by atoms with E-state index >= 15 is 0 Å². The number of carbonyl (C=O) groups is 2. The molecule has 2 atom stereocenters. The van der Waals surface area contributed by atoms with E-state index in [-0.39, 0.29) is 17.8 Å². The average molecular weight is 697 g/mol. The van der Waals surface area contributed by atoms with Crippen molar-refractivity contribution in [2.24, 2.45) is 0 Å². The van der Waals surface area contributed by atoms with Gasteiger partial charge in [-0.25, -0.2) is 4.98 Å². The van der Waals surface area contributed by atoms with Gasteiger partial charge in [0.15, 0.2) is 11.5 Å². The number of piperazine rings is 1. The minimum absolute atomic E-state index is 0.0907. The van der Waals surface area contributed by atoms with Crippen molar-refractivity contribution in [3.05, 3.63) is 83.9 Å². The van der Waals surface area contributed by atoms with Gasteiger partial charge in [-0.1, -0.05) is 67.6 Å². The predicted octanol–water partition coefficient (Wildman–Crippen LogP) is 5.35. The van der Waals surface area contributed by atoms with Crippen LogP contribution in [-0.2, 0) is 19.7 Å². The normalized spacial score (nSPS) is 16.8. The van der Waals surface area contributed by atoms with Crippen LogP contribution < -0.4 is 20.1 Å². The van der Waals surface area contributed by atoms with Crippen molar-refractivity contribution in [3.63, 3.8) is 0 Å². The Morgan fingerprint density at radius 2 is 1.53 bits per heavy atom. The third kappa shape index (κ3) is 8.26. The number of fused-ring (bicyclic) bond motifs is 1. The maximum Gasteiger partial charge on any atom is 0.251 e. The second-order valence-electron chi connectivity index (χ2n) is 13.4. The van der Waals surface area contributed by atoms with Gasteiger partial charge >= 0.3 is 0 Å². The molecule has 2 N–H and O–H groups in total. The Labute approximate surface area is 301 Å². The summed E-state index contributed by atoms with van der Waals surface area (Å²) in [5.74, 6) is 2.49. The fraction of sp³-hybridized carbons (Fsp3) is 0.450. The minimum Gasteiger partial charge on any atom is -0.493 e. The number of hydrogen-bond acceptors (Lipinski definition) is 10. The molecule has 51 heavy (non-hydrogen) atoms. The monoisotopic (exact) mass is 696 g/mol. The molecule has 2 unspecified atom stereocenters. The summed E-state index contributed by atoms with van der Waals surface area (Å²) in [5, 5.41) is 0.716. The Morgan fingerprint density at radius 3 is 2.04 bits per heavy atom. The molecule has 272 valence electrons. The number of hydrogen-bond donors (Lipinski definition) is 1. The summed E-state index contributed by atoms with van der Waals surface area (Å²) in [6, 6.07) is 24.3. The number of methoxy groups -OCH3 is 2. The molecule has 0 radical (unpaired) electrons. The van der Waals surface area contributed by atoms with E-state index in [2.05, 4.69) is 60.2 Å². The second-order valence-corrected chi connectivity index (χ2v) is 13.4. The summed E-state index contributed by atoms with van der Waals surface area (Å²) < 4.78 is 16.2. The van der Waals surface area contributed by atoms with Crippen molar-refractivity contribution >= 4 is 34.4 Å². The maximum atomic E-state index is 13.2. The van der Waals surface area contributed by atoms with Crippen LogP contribution in [0.15, 0.2) is 72.8 Å². The third-order valence-electron chi connectivity index (χ3n) is 10.1. The summed E-state index contributed by atoms with van der Waals surface area (Å²) in [5.41, 5.74) is 8.47. The standard InChI is InChI=1S/C21H27NO.C19H25N5O4/c1-5-20(23)21(16-17(2)22(3)4,18-12-8-6-9-13-18)19-14-10-7-11-15-19;1-26-15-10-12-13(11-16(15)27-2)21-19(22-17(12)20)24-7-5-23(6-8-24)18(25)14-4-3-9-28-14/h6-15,17H,5,16H2,1-4H3;10-11,14H,3-9H2,1-2H3,(H2,20,21,22). The lowest BCUT2D eigenvalue weighted by atomic mass is 9.67. The van der Waals surface area contributed by atoms with Gasteiger partial charge in [0.25, 0.3) is 5.91 Å². The van der Waals surface area contributed by atoms with Crippen LogP contribution in [0.25, 0.3) is 10.9 Å². The van der Waals surface area contributed by atoms with Gasteiger partial charge in [0.1, 0.15) is 17.7 Å². The highest BCUT2D eigenvalue weighted by Crippen LogP contribution is 2.39. The van der Waals surface area contributed by atoms with Crippen LogP contribution in [0, 0.1) is 0 Å². The lowest BCUT2D eigenvalue weighted by molar-refractivity contribution is -0.141. The summed E-state index contributed by atoms with van der Waals surface area (Å²) >= 11 is 0. The average Bonchev–Trinajstić information content (AvgIpc) is 3.72. The van der Waals surface area contributed by atoms with Crippen LogP contribution in [-0.4, -0.2) is 105 Å². The van der Waals surface area contributed by atoms with E-state index in [0.29, 0.717) is 79.4 Å². The summed E-state index contributed by atoms with van der Waals surface area (Å²) in [6.45, 7) is 7.35. The van der Waals surface area contributed by atoms with Crippen molar-refractivity contribution < 1.29 is 23.8 Å². The Morgan fingerprint density at radius 1 is 0.941 bits per heavy atom. The van der Waals surface area contributed by atoms with Gasteiger partial charge < -0.3 is 34.6 Å². The van der Waals surface area contributed by atoms with E-state index < -0.39 is 5.41 Å². The smallest absolute Gasteiger partial charge is 0.251 e. The van der Waals surface area contributed by atoms with Gasteiger partial charge in [0.2, 0.25) is 5.95 Å². The lowest BCUT2D eigenvalue weighted by Crippen LogP contribution is -2.51. The number of ether oxygens (including phenoxy) is 3. The Kier molecular flexibility index (Phi) is 12.5. The van der Waals surface area contributed by atoms with E-state index in [1.165, 1.54) is 0 Å². The fourth-order valence-corrected chi connectivity index (χ4v) is 6.92. The Bertz CT molecular complexity index is 1720. The molecule has 1 aromatic heterocycles. The van der Waals surface area contributed by atoms with Crippen LogP contribution in [0.3, 0.4) is 0 Å². The number of aromatic nitrogens is 2. The zero-order chi connectivity index (χ0) is 36.5. The third-order valence-corrected chi connectivity index (χ3v) is 10.1. The molecule has 11 heteroatoms. The first-order chi connectivity index (χ1) is 24.6. The molecular weight excluding hydrogens is 644 g/mol. The summed E-state index contributed by atoms with van der Waals surface area (Å²) in [7, 11) is 7.30. The second kappa shape index (κ2) is 17.0. The molecular formula is C40H52N6O5. The molecule has 0 spiro atoms. The molecule has 0 bridgehead atoms. The number of Topliss-reactive ketones (excluding diaryl/α,β-unsaturated/α-hetero) is 1. The number of amides is 1. The molecule has 11 nitrogen and oxygen atoms in total. The molecule has 2 aliphatic heterocycles. The van der Waals surface area contributed by atoms with Crippen molar-refractivity contribution in [3.8, 4) is 11.5 Å². The van der Waals surface area contributed by atoms with Crippen LogP contribution in [0.5, 0.6) is 11.5 Å². The molecule has 2 fully saturated rings. The number of rotatable bonds is 11. The largest absolute Gasteiger partial charge is 0.493 e. The van der Waals surface area contributed by atoms with Gasteiger partial charge in [0, 0.05) is 56.7 Å².